The molecule has 2 heterocycles. The summed E-state index contributed by atoms with van der Waals surface area (Å²) in [7, 11) is 3.64. The molecule has 0 spiro atoms. The van der Waals surface area contributed by atoms with Crippen molar-refractivity contribution in [2.45, 2.75) is 13.5 Å². The van der Waals surface area contributed by atoms with Gasteiger partial charge in [0.1, 0.15) is 22.6 Å². The average Bonchev–Trinajstić information content (AvgIpc) is 3.50. The second-order valence-corrected chi connectivity index (χ2v) is 8.56. The highest BCUT2D eigenvalue weighted by molar-refractivity contribution is 7.13. The van der Waals surface area contributed by atoms with Gasteiger partial charge in [-0.15, -0.1) is 11.3 Å². The number of nitrogens with zero attached hydrogens (tertiary/aromatic N) is 1. The van der Waals surface area contributed by atoms with Gasteiger partial charge in [0.2, 0.25) is 0 Å². The number of amides is 2. The van der Waals surface area contributed by atoms with Gasteiger partial charge in [0.05, 0.1) is 32.7 Å². The molecule has 2 N–H and O–H groups in total. The largest absolute Gasteiger partial charge is 0.493 e. The lowest BCUT2D eigenvalue weighted by Gasteiger charge is -2.14. The average molecular weight is 544 g/mol. The number of methoxy groups -OCH3 is 3. The molecule has 4 rings (SSSR count). The third kappa shape index (κ3) is 5.37. The highest BCUT2D eigenvalue weighted by Crippen LogP contribution is 2.34. The Labute approximate surface area is 219 Å². The van der Waals surface area contributed by atoms with E-state index in [-0.39, 0.29) is 39.9 Å². The molecule has 2 aromatic carbocycles. The summed E-state index contributed by atoms with van der Waals surface area (Å²) in [5.41, 5.74) is 1.54. The van der Waals surface area contributed by atoms with Crippen LogP contribution in [0.5, 0.6) is 11.5 Å². The summed E-state index contributed by atoms with van der Waals surface area (Å²) < 4.78 is 40.8. The number of halogens is 1. The molecule has 0 bridgehead atoms. The smallest absolute Gasteiger partial charge is 0.349 e. The monoisotopic (exact) mass is 543 g/mol. The van der Waals surface area contributed by atoms with Crippen LogP contribution in [0, 0.1) is 12.7 Å². The Morgan fingerprint density at radius 2 is 1.76 bits per heavy atom. The first-order valence-corrected chi connectivity index (χ1v) is 11.8. The Kier molecular flexibility index (Phi) is 7.76. The molecule has 2 amide bonds. The molecule has 38 heavy (non-hydrogen) atoms. The van der Waals surface area contributed by atoms with Crippen molar-refractivity contribution in [3.63, 3.8) is 0 Å². The number of urea groups is 1. The normalized spacial score (nSPS) is 10.7. The number of aryl methyl sites for hydroxylation is 1. The van der Waals surface area contributed by atoms with E-state index < -0.39 is 23.8 Å². The standard InChI is InChI=1S/C25H22FN3O8S/c1-12-27-21-13(6-5-7-17(21)37-12)10-36-19-9-15(14(26)8-18(19)33-2)28-25(32)29-16-11-38-22(24(31)35-4)20(16)23(30)34-3/h5-9,11H,10H2,1-4H3,(H2,28,29,32). The van der Waals surface area contributed by atoms with Crippen LogP contribution in [0.3, 0.4) is 0 Å². The second-order valence-electron chi connectivity index (χ2n) is 7.68. The zero-order chi connectivity index (χ0) is 27.4. The molecular formula is C25H22FN3O8S. The van der Waals surface area contributed by atoms with Crippen molar-refractivity contribution in [3.8, 4) is 11.5 Å². The number of ether oxygens (including phenoxy) is 4. The Morgan fingerprint density at radius 1 is 1.03 bits per heavy atom. The van der Waals surface area contributed by atoms with E-state index in [1.165, 1.54) is 18.6 Å². The summed E-state index contributed by atoms with van der Waals surface area (Å²) in [5, 5.41) is 6.15. The molecule has 0 aliphatic rings. The van der Waals surface area contributed by atoms with Crippen LogP contribution in [0.1, 0.15) is 31.5 Å². The van der Waals surface area contributed by atoms with E-state index in [0.717, 1.165) is 37.2 Å². The topological polar surface area (TPSA) is 138 Å². The number of para-hydroxylation sites is 1. The third-order valence-corrected chi connectivity index (χ3v) is 6.25. The van der Waals surface area contributed by atoms with Gasteiger partial charge in [-0.1, -0.05) is 12.1 Å². The maximum atomic E-state index is 14.8. The van der Waals surface area contributed by atoms with Crippen LogP contribution < -0.4 is 20.1 Å². The lowest BCUT2D eigenvalue weighted by molar-refractivity contribution is 0.0561. The number of hydrogen-bond acceptors (Lipinski definition) is 10. The Hall–Kier alpha value is -4.65. The zero-order valence-corrected chi connectivity index (χ0v) is 21.5. The summed E-state index contributed by atoms with van der Waals surface area (Å²) in [6.45, 7) is 1.79. The fourth-order valence-corrected chi connectivity index (χ4v) is 4.47. The van der Waals surface area contributed by atoms with Crippen LogP contribution in [-0.4, -0.2) is 44.3 Å². The number of oxazole rings is 1. The predicted octanol–water partition coefficient (Wildman–Crippen LogP) is 5.14. The molecule has 11 nitrogen and oxygen atoms in total. The van der Waals surface area contributed by atoms with Crippen LogP contribution in [0.4, 0.5) is 20.6 Å². The number of nitrogens with one attached hydrogen (secondary N) is 2. The lowest BCUT2D eigenvalue weighted by Crippen LogP contribution is -2.22. The summed E-state index contributed by atoms with van der Waals surface area (Å²) >= 11 is 0.878. The van der Waals surface area contributed by atoms with Gasteiger partial charge in [0.25, 0.3) is 0 Å². The fraction of sp³-hybridized carbons (Fsp3) is 0.200. The van der Waals surface area contributed by atoms with Gasteiger partial charge < -0.3 is 34.0 Å². The molecule has 2 aromatic heterocycles. The number of hydrogen-bond donors (Lipinski definition) is 2. The lowest BCUT2D eigenvalue weighted by atomic mass is 10.2. The second kappa shape index (κ2) is 11.2. The van der Waals surface area contributed by atoms with E-state index in [9.17, 15) is 18.8 Å². The quantitative estimate of drug-likeness (QED) is 0.289. The van der Waals surface area contributed by atoms with E-state index in [1.54, 1.807) is 19.1 Å². The van der Waals surface area contributed by atoms with Crippen molar-refractivity contribution in [1.82, 2.24) is 4.98 Å². The maximum absolute atomic E-state index is 14.8. The molecule has 0 unspecified atom stereocenters. The van der Waals surface area contributed by atoms with Crippen molar-refractivity contribution in [2.75, 3.05) is 32.0 Å². The number of esters is 2. The molecular weight excluding hydrogens is 521 g/mol. The minimum atomic E-state index is -0.887. The van der Waals surface area contributed by atoms with E-state index in [1.807, 2.05) is 6.07 Å². The van der Waals surface area contributed by atoms with Crippen LogP contribution in [0.25, 0.3) is 11.1 Å². The Morgan fingerprint density at radius 3 is 2.47 bits per heavy atom. The van der Waals surface area contributed by atoms with Crippen molar-refractivity contribution < 1.29 is 42.1 Å². The zero-order valence-electron chi connectivity index (χ0n) is 20.7. The van der Waals surface area contributed by atoms with Gasteiger partial charge in [0, 0.05) is 30.0 Å². The molecule has 0 radical (unpaired) electrons. The first-order chi connectivity index (χ1) is 18.2. The van der Waals surface area contributed by atoms with Crippen molar-refractivity contribution in [1.29, 1.82) is 0 Å². The van der Waals surface area contributed by atoms with Gasteiger partial charge in [-0.3, -0.25) is 0 Å². The Bertz CT molecular complexity index is 1530. The number of fused-ring (bicyclic) bond motifs is 1. The first kappa shape index (κ1) is 26.4. The molecule has 0 saturated heterocycles. The fourth-order valence-electron chi connectivity index (χ4n) is 3.57. The SMILES string of the molecule is COC(=O)c1scc(NC(=O)Nc2cc(OCc3cccc4oc(C)nc34)c(OC)cc2F)c1C(=O)OC. The number of carbonyl (C=O) groups is 3. The summed E-state index contributed by atoms with van der Waals surface area (Å²) in [4.78, 5) is 41.2. The van der Waals surface area contributed by atoms with E-state index in [0.29, 0.717) is 17.0 Å². The summed E-state index contributed by atoms with van der Waals surface area (Å²) in [6, 6.07) is 6.83. The van der Waals surface area contributed by atoms with Gasteiger partial charge in [-0.05, 0) is 6.07 Å². The molecule has 0 aliphatic carbocycles. The van der Waals surface area contributed by atoms with Gasteiger partial charge >= 0.3 is 18.0 Å². The highest BCUT2D eigenvalue weighted by Gasteiger charge is 2.26. The van der Waals surface area contributed by atoms with E-state index in [4.69, 9.17) is 18.6 Å². The molecule has 198 valence electrons. The van der Waals surface area contributed by atoms with Crippen LogP contribution in [0.2, 0.25) is 0 Å². The summed E-state index contributed by atoms with van der Waals surface area (Å²) in [6.07, 6.45) is 0. The number of aromatic nitrogens is 1. The van der Waals surface area contributed by atoms with Crippen LogP contribution >= 0.6 is 11.3 Å². The number of carbonyl (C=O) groups excluding carboxylic acids is 3. The number of rotatable bonds is 8. The first-order valence-electron chi connectivity index (χ1n) is 11.0. The van der Waals surface area contributed by atoms with E-state index in [2.05, 4.69) is 20.4 Å². The van der Waals surface area contributed by atoms with Crippen LogP contribution in [0.15, 0.2) is 40.1 Å². The number of anilines is 2. The van der Waals surface area contributed by atoms with Crippen molar-refractivity contribution in [3.05, 3.63) is 63.4 Å². The van der Waals surface area contributed by atoms with Gasteiger partial charge in [-0.2, -0.15) is 0 Å². The third-order valence-electron chi connectivity index (χ3n) is 5.29. The molecule has 0 saturated carbocycles. The number of thiophene rings is 1. The Balaban J connectivity index is 1.55. The molecule has 13 heteroatoms. The number of benzene rings is 2. The van der Waals surface area contributed by atoms with E-state index >= 15 is 0 Å². The maximum Gasteiger partial charge on any atom is 0.349 e. The van der Waals surface area contributed by atoms with Crippen molar-refractivity contribution in [2.24, 2.45) is 0 Å². The van der Waals surface area contributed by atoms with Crippen LogP contribution in [-0.2, 0) is 16.1 Å². The van der Waals surface area contributed by atoms with Crippen molar-refractivity contribution >= 4 is 51.8 Å². The molecule has 4 aromatic rings. The van der Waals surface area contributed by atoms with Gasteiger partial charge in [-0.25, -0.2) is 23.8 Å². The minimum Gasteiger partial charge on any atom is -0.493 e. The van der Waals surface area contributed by atoms with Gasteiger partial charge in [0.15, 0.2) is 28.8 Å². The molecule has 0 atom stereocenters. The highest BCUT2D eigenvalue weighted by atomic mass is 32.1. The molecule has 0 aliphatic heterocycles. The summed E-state index contributed by atoms with van der Waals surface area (Å²) in [5.74, 6) is -1.67. The molecule has 0 fully saturated rings. The predicted molar refractivity (Wildman–Crippen MR) is 136 cm³/mol. The minimum absolute atomic E-state index is 0.0128.